The molecule has 0 saturated heterocycles. The number of hydrogen-bond acceptors (Lipinski definition) is 9. The largest absolute Gasteiger partial charge is 0.497 e. The average Bonchev–Trinajstić information content (AvgIpc) is 2.82. The summed E-state index contributed by atoms with van der Waals surface area (Å²) in [5, 5.41) is 3.23. The number of hydrogen-bond donors (Lipinski definition) is 1. The number of rotatable bonds is 8. The Morgan fingerprint density at radius 1 is 1.09 bits per heavy atom. The van der Waals surface area contributed by atoms with E-state index in [2.05, 4.69) is 5.32 Å². The monoisotopic (exact) mass is 473 g/mol. The van der Waals surface area contributed by atoms with Crippen molar-refractivity contribution in [1.82, 2.24) is 5.32 Å². The lowest BCUT2D eigenvalue weighted by Crippen LogP contribution is -2.43. The fourth-order valence-electron chi connectivity index (χ4n) is 4.61. The minimum atomic E-state index is -0.971. The molecule has 9 heteroatoms. The van der Waals surface area contributed by atoms with Crippen molar-refractivity contribution in [2.24, 2.45) is 11.8 Å². The molecule has 0 radical (unpaired) electrons. The van der Waals surface area contributed by atoms with Gasteiger partial charge in [0, 0.05) is 35.7 Å². The van der Waals surface area contributed by atoms with Crippen LogP contribution in [0, 0.1) is 11.8 Å². The Labute approximate surface area is 199 Å². The van der Waals surface area contributed by atoms with E-state index in [9.17, 15) is 14.4 Å². The van der Waals surface area contributed by atoms with Crippen LogP contribution in [0.25, 0.3) is 0 Å². The van der Waals surface area contributed by atoms with Gasteiger partial charge in [-0.15, -0.1) is 0 Å². The number of allylic oxidation sites excluding steroid dienone is 3. The Morgan fingerprint density at radius 2 is 1.82 bits per heavy atom. The number of methoxy groups -OCH3 is 4. The standard InChI is InChI=1S/C25H31NO8/c1-13-11-17-22(23(27)19(13)24(28)33-6)21(16-8-7-15(31-4)12-18(16)32-5)20(14(2)26-17)25(29)34-10-9-30-3/h7-8,12-13,19,21,26H,9-11H2,1-6H3/t13-,19+,21-/m1/s1. The maximum atomic E-state index is 13.8. The molecule has 0 aromatic heterocycles. The molecule has 1 aromatic carbocycles. The van der Waals surface area contributed by atoms with E-state index in [0.29, 0.717) is 40.5 Å². The van der Waals surface area contributed by atoms with Gasteiger partial charge in [-0.1, -0.05) is 13.0 Å². The molecule has 0 bridgehead atoms. The molecule has 0 amide bonds. The molecule has 1 aliphatic carbocycles. The molecule has 0 saturated carbocycles. The van der Waals surface area contributed by atoms with E-state index in [1.165, 1.54) is 28.4 Å². The summed E-state index contributed by atoms with van der Waals surface area (Å²) in [7, 11) is 5.81. The van der Waals surface area contributed by atoms with Gasteiger partial charge in [-0.2, -0.15) is 0 Å². The van der Waals surface area contributed by atoms with Crippen molar-refractivity contribution in [3.63, 3.8) is 0 Å². The minimum Gasteiger partial charge on any atom is -0.497 e. The van der Waals surface area contributed by atoms with Gasteiger partial charge in [0.05, 0.1) is 39.4 Å². The molecule has 3 rings (SSSR count). The molecule has 1 N–H and O–H groups in total. The highest BCUT2D eigenvalue weighted by Crippen LogP contribution is 2.48. The molecule has 1 aromatic rings. The van der Waals surface area contributed by atoms with Crippen molar-refractivity contribution in [3.8, 4) is 11.5 Å². The summed E-state index contributed by atoms with van der Waals surface area (Å²) in [6, 6.07) is 5.18. The zero-order valence-electron chi connectivity index (χ0n) is 20.4. The number of nitrogens with one attached hydrogen (secondary N) is 1. The maximum Gasteiger partial charge on any atom is 0.336 e. The quantitative estimate of drug-likeness (QED) is 0.346. The van der Waals surface area contributed by atoms with Gasteiger partial charge in [0.25, 0.3) is 0 Å². The SMILES string of the molecule is COCCOC(=O)C1=C(C)NC2=C(C(=O)[C@@H](C(=O)OC)[C@H](C)C2)[C@@H]1c1ccc(OC)cc1OC. The molecule has 1 heterocycles. The fraction of sp³-hybridized carbons (Fsp3) is 0.480. The van der Waals surface area contributed by atoms with E-state index in [4.69, 9.17) is 23.7 Å². The fourth-order valence-corrected chi connectivity index (χ4v) is 4.61. The van der Waals surface area contributed by atoms with Crippen LogP contribution in [0.2, 0.25) is 0 Å². The third kappa shape index (κ3) is 4.65. The summed E-state index contributed by atoms with van der Waals surface area (Å²) in [6.07, 6.45) is 0.444. The molecule has 3 atom stereocenters. The highest BCUT2D eigenvalue weighted by atomic mass is 16.6. The molecule has 2 aliphatic rings. The lowest BCUT2D eigenvalue weighted by Gasteiger charge is -2.38. The summed E-state index contributed by atoms with van der Waals surface area (Å²) in [5.41, 5.74) is 2.43. The normalized spacial score (nSPS) is 22.1. The van der Waals surface area contributed by atoms with Crippen LogP contribution >= 0.6 is 0 Å². The maximum absolute atomic E-state index is 13.8. The van der Waals surface area contributed by atoms with E-state index in [0.717, 1.165) is 0 Å². The number of ether oxygens (including phenoxy) is 5. The summed E-state index contributed by atoms with van der Waals surface area (Å²) in [4.78, 5) is 39.5. The second-order valence-electron chi connectivity index (χ2n) is 8.27. The van der Waals surface area contributed by atoms with Crippen LogP contribution in [-0.2, 0) is 28.6 Å². The lowest BCUT2D eigenvalue weighted by molar-refractivity contribution is -0.151. The summed E-state index contributed by atoms with van der Waals surface area (Å²) in [6.45, 7) is 3.89. The second kappa shape index (κ2) is 10.7. The van der Waals surface area contributed by atoms with Gasteiger partial charge >= 0.3 is 11.9 Å². The van der Waals surface area contributed by atoms with Crippen molar-refractivity contribution < 1.29 is 38.1 Å². The Morgan fingerprint density at radius 3 is 2.44 bits per heavy atom. The summed E-state index contributed by atoms with van der Waals surface area (Å²) in [5.74, 6) is -2.62. The van der Waals surface area contributed by atoms with Crippen molar-refractivity contribution in [2.75, 3.05) is 41.7 Å². The molecule has 1 aliphatic heterocycles. The van der Waals surface area contributed by atoms with Gasteiger partial charge in [0.1, 0.15) is 24.0 Å². The molecule has 184 valence electrons. The molecule has 0 unspecified atom stereocenters. The van der Waals surface area contributed by atoms with E-state index in [1.807, 2.05) is 6.92 Å². The van der Waals surface area contributed by atoms with Crippen LogP contribution in [0.3, 0.4) is 0 Å². The summed E-state index contributed by atoms with van der Waals surface area (Å²) >= 11 is 0. The van der Waals surface area contributed by atoms with Gasteiger partial charge in [-0.25, -0.2) is 4.79 Å². The predicted molar refractivity (Wildman–Crippen MR) is 122 cm³/mol. The second-order valence-corrected chi connectivity index (χ2v) is 8.27. The Balaban J connectivity index is 2.20. The van der Waals surface area contributed by atoms with Gasteiger partial charge in [-0.3, -0.25) is 9.59 Å². The average molecular weight is 474 g/mol. The molecule has 9 nitrogen and oxygen atoms in total. The topological polar surface area (TPSA) is 109 Å². The van der Waals surface area contributed by atoms with Crippen molar-refractivity contribution in [2.45, 2.75) is 26.2 Å². The molecule has 0 spiro atoms. The number of benzene rings is 1. The van der Waals surface area contributed by atoms with E-state index in [-0.39, 0.29) is 30.5 Å². The predicted octanol–water partition coefficient (Wildman–Crippen LogP) is 2.51. The molecular weight excluding hydrogens is 442 g/mol. The van der Waals surface area contributed by atoms with Crippen molar-refractivity contribution in [1.29, 1.82) is 0 Å². The lowest BCUT2D eigenvalue weighted by atomic mass is 9.69. The van der Waals surface area contributed by atoms with E-state index < -0.39 is 23.8 Å². The molecular formula is C25H31NO8. The van der Waals surface area contributed by atoms with Crippen LogP contribution in [-0.4, -0.2) is 59.4 Å². The number of Topliss-reactive ketones (excluding diaryl/α,β-unsaturated/α-hetero) is 1. The number of carbonyl (C=O) groups is 3. The smallest absolute Gasteiger partial charge is 0.336 e. The van der Waals surface area contributed by atoms with Crippen LogP contribution in [0.4, 0.5) is 0 Å². The number of esters is 2. The van der Waals surface area contributed by atoms with Gasteiger partial charge in [0.15, 0.2) is 5.78 Å². The Hall–Kier alpha value is -3.33. The van der Waals surface area contributed by atoms with Crippen LogP contribution < -0.4 is 14.8 Å². The highest BCUT2D eigenvalue weighted by Gasteiger charge is 2.47. The number of ketones is 1. The number of dihydropyridines is 1. The zero-order valence-corrected chi connectivity index (χ0v) is 20.4. The van der Waals surface area contributed by atoms with Gasteiger partial charge in [-0.05, 0) is 25.3 Å². The summed E-state index contributed by atoms with van der Waals surface area (Å²) < 4.78 is 26.3. The highest BCUT2D eigenvalue weighted by molar-refractivity contribution is 6.12. The van der Waals surface area contributed by atoms with Crippen molar-refractivity contribution in [3.05, 3.63) is 46.3 Å². The first-order valence-electron chi connectivity index (χ1n) is 11.0. The van der Waals surface area contributed by atoms with Crippen LogP contribution in [0.5, 0.6) is 11.5 Å². The Bertz CT molecular complexity index is 1040. The van der Waals surface area contributed by atoms with Crippen LogP contribution in [0.15, 0.2) is 40.7 Å². The third-order valence-corrected chi connectivity index (χ3v) is 6.24. The first-order chi connectivity index (χ1) is 16.3. The zero-order chi connectivity index (χ0) is 25.0. The molecule has 34 heavy (non-hydrogen) atoms. The van der Waals surface area contributed by atoms with E-state index in [1.54, 1.807) is 25.1 Å². The van der Waals surface area contributed by atoms with E-state index >= 15 is 0 Å². The van der Waals surface area contributed by atoms with Gasteiger partial charge < -0.3 is 29.0 Å². The third-order valence-electron chi connectivity index (χ3n) is 6.24. The van der Waals surface area contributed by atoms with Crippen molar-refractivity contribution >= 4 is 17.7 Å². The first kappa shape index (κ1) is 25.3. The van der Waals surface area contributed by atoms with Gasteiger partial charge in [0.2, 0.25) is 0 Å². The minimum absolute atomic E-state index is 0.0558. The van der Waals surface area contributed by atoms with Crippen LogP contribution in [0.1, 0.15) is 31.7 Å². The first-order valence-corrected chi connectivity index (χ1v) is 11.0. The number of carbonyl (C=O) groups excluding carboxylic acids is 3. The Kier molecular flexibility index (Phi) is 7.98. The molecule has 0 fully saturated rings.